The molecule has 1 aromatic rings. The van der Waals surface area contributed by atoms with Crippen LogP contribution < -0.4 is 0 Å². The molecule has 0 aromatic heterocycles. The molecule has 1 aromatic carbocycles. The fourth-order valence-electron chi connectivity index (χ4n) is 1.50. The van der Waals surface area contributed by atoms with Crippen LogP contribution in [0.3, 0.4) is 0 Å². The van der Waals surface area contributed by atoms with Crippen molar-refractivity contribution in [2.75, 3.05) is 13.7 Å². The van der Waals surface area contributed by atoms with Crippen molar-refractivity contribution in [1.82, 2.24) is 0 Å². The van der Waals surface area contributed by atoms with Gasteiger partial charge < -0.3 is 9.84 Å². The lowest BCUT2D eigenvalue weighted by atomic mass is 9.93. The van der Waals surface area contributed by atoms with Crippen LogP contribution in [-0.4, -0.2) is 24.4 Å². The highest BCUT2D eigenvalue weighted by molar-refractivity contribution is 6.30. The molecule has 0 saturated heterocycles. The van der Waals surface area contributed by atoms with Crippen molar-refractivity contribution in [1.29, 1.82) is 0 Å². The number of aliphatic hydroxyl groups is 1. The van der Waals surface area contributed by atoms with Crippen LogP contribution in [0.5, 0.6) is 0 Å². The van der Waals surface area contributed by atoms with Gasteiger partial charge in [-0.05, 0) is 31.0 Å². The Kier molecular flexibility index (Phi) is 4.71. The number of ether oxygens (including phenoxy) is 1. The van der Waals surface area contributed by atoms with Gasteiger partial charge in [0.15, 0.2) is 0 Å². The zero-order valence-electron chi connectivity index (χ0n) is 9.46. The molecule has 0 heterocycles. The Labute approximate surface area is 100.0 Å². The van der Waals surface area contributed by atoms with E-state index in [2.05, 4.69) is 0 Å². The minimum Gasteiger partial charge on any atom is -0.390 e. The third-order valence-corrected chi connectivity index (χ3v) is 2.70. The summed E-state index contributed by atoms with van der Waals surface area (Å²) in [5.74, 6) is -0.443. The number of hydrogen-bond donors (Lipinski definition) is 1. The van der Waals surface area contributed by atoms with Crippen LogP contribution in [0.1, 0.15) is 18.9 Å². The summed E-state index contributed by atoms with van der Waals surface area (Å²) in [6, 6.07) is 4.48. The van der Waals surface area contributed by atoms with Gasteiger partial charge >= 0.3 is 0 Å². The predicted molar refractivity (Wildman–Crippen MR) is 62.2 cm³/mol. The van der Waals surface area contributed by atoms with Crippen molar-refractivity contribution in [2.45, 2.75) is 25.4 Å². The first-order valence-electron chi connectivity index (χ1n) is 5.10. The fraction of sp³-hybridized carbons (Fsp3) is 0.500. The first kappa shape index (κ1) is 13.4. The van der Waals surface area contributed by atoms with E-state index < -0.39 is 11.4 Å². The second kappa shape index (κ2) is 5.62. The maximum absolute atomic E-state index is 12.9. The molecular weight excluding hydrogens is 231 g/mol. The van der Waals surface area contributed by atoms with Gasteiger partial charge in [0, 0.05) is 20.1 Å². The molecule has 0 radical (unpaired) electrons. The maximum atomic E-state index is 12.9. The van der Waals surface area contributed by atoms with Gasteiger partial charge in [0.05, 0.1) is 10.6 Å². The Morgan fingerprint density at radius 2 is 2.19 bits per heavy atom. The van der Waals surface area contributed by atoms with Crippen LogP contribution in [0, 0.1) is 5.82 Å². The molecule has 0 aliphatic heterocycles. The van der Waals surface area contributed by atoms with Crippen molar-refractivity contribution in [3.8, 4) is 0 Å². The zero-order valence-corrected chi connectivity index (χ0v) is 10.2. The van der Waals surface area contributed by atoms with E-state index in [4.69, 9.17) is 16.3 Å². The number of halogens is 2. The van der Waals surface area contributed by atoms with Crippen LogP contribution in [0.2, 0.25) is 5.02 Å². The van der Waals surface area contributed by atoms with E-state index >= 15 is 0 Å². The molecular formula is C12H16ClFO2. The molecule has 0 saturated carbocycles. The molecule has 0 aliphatic rings. The highest BCUT2D eigenvalue weighted by Crippen LogP contribution is 2.21. The zero-order chi connectivity index (χ0) is 12.2. The number of methoxy groups -OCH3 is 1. The van der Waals surface area contributed by atoms with Gasteiger partial charge in [-0.3, -0.25) is 0 Å². The van der Waals surface area contributed by atoms with Crippen LogP contribution in [-0.2, 0) is 11.2 Å². The predicted octanol–water partition coefficient (Wildman–Crippen LogP) is 2.81. The second-order valence-corrected chi connectivity index (χ2v) is 4.57. The average molecular weight is 247 g/mol. The smallest absolute Gasteiger partial charge is 0.141 e. The third-order valence-electron chi connectivity index (χ3n) is 2.41. The van der Waals surface area contributed by atoms with Crippen molar-refractivity contribution in [3.63, 3.8) is 0 Å². The Hall–Kier alpha value is -0.640. The van der Waals surface area contributed by atoms with E-state index in [-0.39, 0.29) is 5.02 Å². The van der Waals surface area contributed by atoms with E-state index in [1.807, 2.05) is 0 Å². The van der Waals surface area contributed by atoms with Gasteiger partial charge in [0.25, 0.3) is 0 Å². The van der Waals surface area contributed by atoms with Crippen LogP contribution in [0.15, 0.2) is 18.2 Å². The minimum absolute atomic E-state index is 0.0834. The van der Waals surface area contributed by atoms with Gasteiger partial charge in [0.1, 0.15) is 5.82 Å². The largest absolute Gasteiger partial charge is 0.390 e. The number of rotatable bonds is 5. The van der Waals surface area contributed by atoms with E-state index in [0.717, 1.165) is 5.56 Å². The lowest BCUT2D eigenvalue weighted by molar-refractivity contribution is 0.0249. The monoisotopic (exact) mass is 246 g/mol. The molecule has 0 amide bonds. The molecule has 0 aliphatic carbocycles. The third kappa shape index (κ3) is 4.08. The van der Waals surface area contributed by atoms with Crippen molar-refractivity contribution in [3.05, 3.63) is 34.6 Å². The summed E-state index contributed by atoms with van der Waals surface area (Å²) in [5.41, 5.74) is -0.0514. The van der Waals surface area contributed by atoms with Gasteiger partial charge in [-0.15, -0.1) is 0 Å². The van der Waals surface area contributed by atoms with Crippen LogP contribution in [0.25, 0.3) is 0 Å². The molecule has 16 heavy (non-hydrogen) atoms. The SMILES string of the molecule is COCCC(C)(O)Cc1ccc(F)c(Cl)c1. The van der Waals surface area contributed by atoms with Crippen molar-refractivity contribution in [2.24, 2.45) is 0 Å². The first-order valence-corrected chi connectivity index (χ1v) is 5.48. The molecule has 90 valence electrons. The van der Waals surface area contributed by atoms with Crippen LogP contribution >= 0.6 is 11.6 Å². The van der Waals surface area contributed by atoms with Gasteiger partial charge in [0.2, 0.25) is 0 Å². The van der Waals surface area contributed by atoms with Crippen molar-refractivity contribution < 1.29 is 14.2 Å². The van der Waals surface area contributed by atoms with Crippen LogP contribution in [0.4, 0.5) is 4.39 Å². The summed E-state index contributed by atoms with van der Waals surface area (Å²) in [5, 5.41) is 10.1. The Morgan fingerprint density at radius 1 is 1.50 bits per heavy atom. The molecule has 0 fully saturated rings. The molecule has 1 N–H and O–H groups in total. The van der Waals surface area contributed by atoms with Gasteiger partial charge in [-0.1, -0.05) is 17.7 Å². The summed E-state index contributed by atoms with van der Waals surface area (Å²) >= 11 is 5.67. The highest BCUT2D eigenvalue weighted by Gasteiger charge is 2.20. The van der Waals surface area contributed by atoms with Gasteiger partial charge in [-0.2, -0.15) is 0 Å². The van der Waals surface area contributed by atoms with Crippen molar-refractivity contribution >= 4 is 11.6 Å². The Morgan fingerprint density at radius 3 is 2.75 bits per heavy atom. The van der Waals surface area contributed by atoms with E-state index in [0.29, 0.717) is 19.4 Å². The normalized spacial score (nSPS) is 14.8. The summed E-state index contributed by atoms with van der Waals surface area (Å²) in [7, 11) is 1.59. The molecule has 1 unspecified atom stereocenters. The molecule has 0 bridgehead atoms. The lowest BCUT2D eigenvalue weighted by Crippen LogP contribution is -2.28. The minimum atomic E-state index is -0.864. The Bertz CT molecular complexity index is 353. The maximum Gasteiger partial charge on any atom is 0.141 e. The summed E-state index contributed by atoms with van der Waals surface area (Å²) in [4.78, 5) is 0. The summed E-state index contributed by atoms with van der Waals surface area (Å²) < 4.78 is 17.8. The quantitative estimate of drug-likeness (QED) is 0.866. The van der Waals surface area contributed by atoms with E-state index in [1.54, 1.807) is 20.1 Å². The van der Waals surface area contributed by atoms with Gasteiger partial charge in [-0.25, -0.2) is 4.39 Å². The number of benzene rings is 1. The molecule has 1 rings (SSSR count). The Balaban J connectivity index is 2.68. The molecule has 2 nitrogen and oxygen atoms in total. The fourth-order valence-corrected chi connectivity index (χ4v) is 1.70. The topological polar surface area (TPSA) is 29.5 Å². The summed E-state index contributed by atoms with van der Waals surface area (Å²) in [6.07, 6.45) is 0.953. The van der Waals surface area contributed by atoms with E-state index in [1.165, 1.54) is 12.1 Å². The highest BCUT2D eigenvalue weighted by atomic mass is 35.5. The molecule has 0 spiro atoms. The lowest BCUT2D eigenvalue weighted by Gasteiger charge is -2.23. The average Bonchev–Trinajstić information content (AvgIpc) is 2.20. The first-order chi connectivity index (χ1) is 7.44. The van der Waals surface area contributed by atoms with E-state index in [9.17, 15) is 9.50 Å². The number of hydrogen-bond acceptors (Lipinski definition) is 2. The second-order valence-electron chi connectivity index (χ2n) is 4.16. The molecule has 4 heteroatoms. The standard InChI is InChI=1S/C12H16ClFO2/c1-12(15,5-6-16-2)8-9-3-4-11(14)10(13)7-9/h3-4,7,15H,5-6,8H2,1-2H3. The summed E-state index contributed by atoms with van der Waals surface area (Å²) in [6.45, 7) is 2.21. The molecule has 1 atom stereocenters.